The molecule has 1 amide bonds. The normalized spacial score (nSPS) is 10.2. The average molecular weight is 270 g/mol. The van der Waals surface area contributed by atoms with E-state index in [1.54, 1.807) is 6.08 Å². The summed E-state index contributed by atoms with van der Waals surface area (Å²) in [5.41, 5.74) is 1.83. The fourth-order valence-corrected chi connectivity index (χ4v) is 1.25. The first-order chi connectivity index (χ1) is 9.58. The molecule has 1 unspecified atom stereocenters. The van der Waals surface area contributed by atoms with Gasteiger partial charge >= 0.3 is 0 Å². The second kappa shape index (κ2) is 10.6. The van der Waals surface area contributed by atoms with E-state index in [2.05, 4.69) is 25.4 Å². The van der Waals surface area contributed by atoms with Gasteiger partial charge in [-0.15, -0.1) is 13.2 Å². The van der Waals surface area contributed by atoms with Crippen molar-refractivity contribution in [3.63, 3.8) is 0 Å². The van der Waals surface area contributed by atoms with Crippen LogP contribution in [-0.4, -0.2) is 5.91 Å². The number of nitriles is 1. The topological polar surface area (TPSA) is 52.9 Å². The van der Waals surface area contributed by atoms with Crippen LogP contribution in [0.15, 0.2) is 49.6 Å². The van der Waals surface area contributed by atoms with E-state index in [4.69, 9.17) is 5.26 Å². The number of amides is 1. The van der Waals surface area contributed by atoms with Crippen LogP contribution in [0, 0.1) is 24.2 Å². The Morgan fingerprint density at radius 2 is 1.90 bits per heavy atom. The van der Waals surface area contributed by atoms with E-state index >= 15 is 0 Å². The standard InChI is InChI=1S/C13H14N2O.C4H8/c1-3-4-11(9-14)13(16)15-12-7-5-10(2)6-8-12;1-3-4-2/h3,5-8,11H,1,4H2,2H3,(H,15,16);3H,1,4H2,2H3. The average Bonchev–Trinajstić information content (AvgIpc) is 2.47. The highest BCUT2D eigenvalue weighted by Gasteiger charge is 2.15. The second-order valence-electron chi connectivity index (χ2n) is 4.26. The van der Waals surface area contributed by atoms with Gasteiger partial charge in [0.1, 0.15) is 5.92 Å². The molecule has 1 aromatic carbocycles. The molecule has 0 aliphatic heterocycles. The van der Waals surface area contributed by atoms with Gasteiger partial charge in [-0.2, -0.15) is 5.26 Å². The summed E-state index contributed by atoms with van der Waals surface area (Å²) < 4.78 is 0. The molecule has 20 heavy (non-hydrogen) atoms. The Labute approximate surface area is 121 Å². The fraction of sp³-hybridized carbons (Fsp3) is 0.294. The summed E-state index contributed by atoms with van der Waals surface area (Å²) in [6.07, 6.45) is 4.90. The minimum atomic E-state index is -0.668. The van der Waals surface area contributed by atoms with Gasteiger partial charge in [0.2, 0.25) is 5.91 Å². The number of allylic oxidation sites excluding steroid dienone is 2. The van der Waals surface area contributed by atoms with Crippen molar-refractivity contribution in [1.82, 2.24) is 0 Å². The van der Waals surface area contributed by atoms with Gasteiger partial charge in [0, 0.05) is 5.69 Å². The zero-order chi connectivity index (χ0) is 15.4. The van der Waals surface area contributed by atoms with E-state index < -0.39 is 5.92 Å². The summed E-state index contributed by atoms with van der Waals surface area (Å²) in [5, 5.41) is 11.5. The highest BCUT2D eigenvalue weighted by atomic mass is 16.1. The number of anilines is 1. The maximum atomic E-state index is 11.6. The molecule has 0 bridgehead atoms. The van der Waals surface area contributed by atoms with E-state index in [-0.39, 0.29) is 5.91 Å². The van der Waals surface area contributed by atoms with Gasteiger partial charge in [-0.3, -0.25) is 4.79 Å². The Hall–Kier alpha value is -2.34. The zero-order valence-electron chi connectivity index (χ0n) is 12.2. The van der Waals surface area contributed by atoms with Crippen molar-refractivity contribution in [3.05, 3.63) is 55.1 Å². The number of nitrogens with one attached hydrogen (secondary N) is 1. The number of benzene rings is 1. The third-order valence-electron chi connectivity index (χ3n) is 2.48. The van der Waals surface area contributed by atoms with Crippen LogP contribution in [-0.2, 0) is 4.79 Å². The SMILES string of the molecule is C=CCC.C=CCC(C#N)C(=O)Nc1ccc(C)cc1. The molecule has 0 saturated heterocycles. The Bertz CT molecular complexity index is 469. The largest absolute Gasteiger partial charge is 0.325 e. The minimum absolute atomic E-state index is 0.286. The third-order valence-corrected chi connectivity index (χ3v) is 2.48. The molecule has 0 fully saturated rings. The summed E-state index contributed by atoms with van der Waals surface area (Å²) >= 11 is 0. The van der Waals surface area contributed by atoms with Crippen molar-refractivity contribution in [2.24, 2.45) is 5.92 Å². The first kappa shape index (κ1) is 17.7. The first-order valence-electron chi connectivity index (χ1n) is 6.57. The van der Waals surface area contributed by atoms with Crippen LogP contribution >= 0.6 is 0 Å². The molecule has 0 aliphatic carbocycles. The molecule has 1 rings (SSSR count). The Morgan fingerprint density at radius 1 is 1.35 bits per heavy atom. The Balaban J connectivity index is 0.000000796. The van der Waals surface area contributed by atoms with Crippen molar-refractivity contribution >= 4 is 11.6 Å². The maximum Gasteiger partial charge on any atom is 0.242 e. The number of carbonyl (C=O) groups is 1. The lowest BCUT2D eigenvalue weighted by Gasteiger charge is -2.08. The van der Waals surface area contributed by atoms with Gasteiger partial charge in [-0.05, 0) is 31.9 Å². The van der Waals surface area contributed by atoms with E-state index in [1.807, 2.05) is 43.3 Å². The van der Waals surface area contributed by atoms with Gasteiger partial charge in [0.25, 0.3) is 0 Å². The van der Waals surface area contributed by atoms with Crippen LogP contribution < -0.4 is 5.32 Å². The first-order valence-corrected chi connectivity index (χ1v) is 6.57. The molecule has 1 N–H and O–H groups in total. The molecular formula is C17H22N2O. The minimum Gasteiger partial charge on any atom is -0.325 e. The zero-order valence-corrected chi connectivity index (χ0v) is 12.2. The van der Waals surface area contributed by atoms with Crippen LogP contribution in [0.4, 0.5) is 5.69 Å². The molecule has 0 aromatic heterocycles. The van der Waals surface area contributed by atoms with Crippen LogP contribution in [0.2, 0.25) is 0 Å². The molecular weight excluding hydrogens is 248 g/mol. The lowest BCUT2D eigenvalue weighted by molar-refractivity contribution is -0.118. The van der Waals surface area contributed by atoms with E-state index in [1.165, 1.54) is 0 Å². The Morgan fingerprint density at radius 3 is 2.30 bits per heavy atom. The Kier molecular flexibility index (Phi) is 9.33. The summed E-state index contributed by atoms with van der Waals surface area (Å²) in [7, 11) is 0. The summed E-state index contributed by atoms with van der Waals surface area (Å²) in [5.74, 6) is -0.954. The van der Waals surface area contributed by atoms with Crippen molar-refractivity contribution in [2.45, 2.75) is 26.7 Å². The monoisotopic (exact) mass is 270 g/mol. The van der Waals surface area contributed by atoms with E-state index in [9.17, 15) is 4.79 Å². The van der Waals surface area contributed by atoms with E-state index in [0.29, 0.717) is 12.1 Å². The van der Waals surface area contributed by atoms with E-state index in [0.717, 1.165) is 12.0 Å². The molecule has 0 heterocycles. The number of carbonyl (C=O) groups excluding carboxylic acids is 1. The van der Waals surface area contributed by atoms with Crippen LogP contribution in [0.5, 0.6) is 0 Å². The van der Waals surface area contributed by atoms with Crippen molar-refractivity contribution in [2.75, 3.05) is 5.32 Å². The van der Waals surface area contributed by atoms with Gasteiger partial charge < -0.3 is 5.32 Å². The molecule has 1 aromatic rings. The number of aryl methyl sites for hydroxylation is 1. The highest BCUT2D eigenvalue weighted by Crippen LogP contribution is 2.11. The molecule has 1 atom stereocenters. The summed E-state index contributed by atoms with van der Waals surface area (Å²) in [6.45, 7) is 11.0. The van der Waals surface area contributed by atoms with Crippen molar-refractivity contribution in [3.8, 4) is 6.07 Å². The van der Waals surface area contributed by atoms with Gasteiger partial charge in [0.15, 0.2) is 0 Å². The van der Waals surface area contributed by atoms with Gasteiger partial charge in [-0.25, -0.2) is 0 Å². The molecule has 0 saturated carbocycles. The molecule has 106 valence electrons. The van der Waals surface area contributed by atoms with Crippen molar-refractivity contribution < 1.29 is 4.79 Å². The van der Waals surface area contributed by atoms with Crippen LogP contribution in [0.1, 0.15) is 25.3 Å². The number of nitrogens with zero attached hydrogens (tertiary/aromatic N) is 1. The van der Waals surface area contributed by atoms with Crippen LogP contribution in [0.25, 0.3) is 0 Å². The third kappa shape index (κ3) is 7.17. The maximum absolute atomic E-state index is 11.6. The quantitative estimate of drug-likeness (QED) is 0.814. The van der Waals surface area contributed by atoms with Gasteiger partial charge in [-0.1, -0.05) is 36.8 Å². The van der Waals surface area contributed by atoms with Crippen molar-refractivity contribution in [1.29, 1.82) is 5.26 Å². The van der Waals surface area contributed by atoms with Gasteiger partial charge in [0.05, 0.1) is 6.07 Å². The number of hydrogen-bond donors (Lipinski definition) is 1. The molecule has 0 spiro atoms. The molecule has 3 nitrogen and oxygen atoms in total. The smallest absolute Gasteiger partial charge is 0.242 e. The molecule has 0 radical (unpaired) electrons. The molecule has 0 aliphatic rings. The lowest BCUT2D eigenvalue weighted by Crippen LogP contribution is -2.21. The summed E-state index contributed by atoms with van der Waals surface area (Å²) in [6, 6.07) is 9.40. The predicted octanol–water partition coefficient (Wildman–Crippen LogP) is 4.23. The predicted molar refractivity (Wildman–Crippen MR) is 84.2 cm³/mol. The van der Waals surface area contributed by atoms with Crippen LogP contribution in [0.3, 0.4) is 0 Å². The lowest BCUT2D eigenvalue weighted by atomic mass is 10.1. The highest BCUT2D eigenvalue weighted by molar-refractivity contribution is 5.94. The number of hydrogen-bond acceptors (Lipinski definition) is 2. The molecule has 3 heteroatoms. The summed E-state index contributed by atoms with van der Waals surface area (Å²) in [4.78, 5) is 11.6. The number of rotatable bonds is 5. The second-order valence-corrected chi connectivity index (χ2v) is 4.26. The fourth-order valence-electron chi connectivity index (χ4n) is 1.25.